The predicted octanol–water partition coefficient (Wildman–Crippen LogP) is 5.24. The summed E-state index contributed by atoms with van der Waals surface area (Å²) in [5, 5.41) is 2.79. The van der Waals surface area contributed by atoms with Crippen molar-refractivity contribution in [3.63, 3.8) is 0 Å². The number of esters is 1. The number of hydrogen-bond acceptors (Lipinski definition) is 5. The van der Waals surface area contributed by atoms with Gasteiger partial charge in [-0.3, -0.25) is 14.4 Å². The molecule has 0 spiro atoms. The first-order chi connectivity index (χ1) is 16.8. The number of nitrogens with zero attached hydrogens (tertiary/aromatic N) is 1. The van der Waals surface area contributed by atoms with Gasteiger partial charge in [-0.15, -0.1) is 0 Å². The van der Waals surface area contributed by atoms with Gasteiger partial charge in [-0.2, -0.15) is 0 Å². The molecule has 3 aromatic rings. The zero-order chi connectivity index (χ0) is 24.9. The number of rotatable bonds is 7. The van der Waals surface area contributed by atoms with Crippen LogP contribution < -0.4 is 10.2 Å². The third-order valence-electron chi connectivity index (χ3n) is 5.52. The molecule has 7 nitrogen and oxygen atoms in total. The van der Waals surface area contributed by atoms with Crippen LogP contribution in [0.4, 0.5) is 11.4 Å². The van der Waals surface area contributed by atoms with Crippen molar-refractivity contribution in [2.45, 2.75) is 6.42 Å². The first-order valence-corrected chi connectivity index (χ1v) is 12.3. The van der Waals surface area contributed by atoms with Crippen LogP contribution in [0.25, 0.3) is 0 Å². The van der Waals surface area contributed by atoms with Crippen LogP contribution >= 0.6 is 31.9 Å². The second-order valence-corrected chi connectivity index (χ2v) is 9.79. The van der Waals surface area contributed by atoms with Crippen LogP contribution in [-0.2, 0) is 14.3 Å². The molecule has 1 atom stereocenters. The van der Waals surface area contributed by atoms with Crippen LogP contribution in [0, 0.1) is 5.92 Å². The molecule has 9 heteroatoms. The van der Waals surface area contributed by atoms with Crippen molar-refractivity contribution in [3.8, 4) is 0 Å². The summed E-state index contributed by atoms with van der Waals surface area (Å²) in [6, 6.07) is 20.3. The molecule has 1 aliphatic rings. The molecule has 3 aromatic carbocycles. The lowest BCUT2D eigenvalue weighted by molar-refractivity contribution is -0.122. The molecule has 0 saturated carbocycles. The van der Waals surface area contributed by atoms with Crippen LogP contribution in [-0.4, -0.2) is 36.7 Å². The average Bonchev–Trinajstić information content (AvgIpc) is 3.25. The van der Waals surface area contributed by atoms with Gasteiger partial charge < -0.3 is 15.0 Å². The number of carbonyl (C=O) groups excluding carboxylic acids is 4. The summed E-state index contributed by atoms with van der Waals surface area (Å²) >= 11 is 6.67. The van der Waals surface area contributed by atoms with Gasteiger partial charge in [0.1, 0.15) is 0 Å². The Balaban J connectivity index is 1.30. The Kier molecular flexibility index (Phi) is 7.77. The minimum atomic E-state index is -0.639. The number of anilines is 2. The van der Waals surface area contributed by atoms with Crippen LogP contribution in [0.5, 0.6) is 0 Å². The summed E-state index contributed by atoms with van der Waals surface area (Å²) in [4.78, 5) is 51.2. The maximum Gasteiger partial charge on any atom is 0.338 e. The quantitative estimate of drug-likeness (QED) is 0.296. The lowest BCUT2D eigenvalue weighted by Gasteiger charge is -2.17. The van der Waals surface area contributed by atoms with E-state index in [1.54, 1.807) is 41.3 Å². The molecule has 1 aliphatic heterocycles. The van der Waals surface area contributed by atoms with Gasteiger partial charge in [0.15, 0.2) is 12.4 Å². The summed E-state index contributed by atoms with van der Waals surface area (Å²) < 4.78 is 6.87. The average molecular weight is 600 g/mol. The van der Waals surface area contributed by atoms with E-state index in [9.17, 15) is 19.2 Å². The Morgan fingerprint density at radius 1 is 0.857 bits per heavy atom. The number of benzene rings is 3. The van der Waals surface area contributed by atoms with Crippen LogP contribution in [0.1, 0.15) is 27.1 Å². The van der Waals surface area contributed by atoms with Crippen molar-refractivity contribution in [3.05, 3.63) is 92.9 Å². The fourth-order valence-corrected chi connectivity index (χ4v) is 4.15. The zero-order valence-corrected chi connectivity index (χ0v) is 21.5. The smallest absolute Gasteiger partial charge is 0.338 e. The number of Topliss-reactive ketones (excluding diaryl/α,β-unsaturated/α-hetero) is 1. The van der Waals surface area contributed by atoms with Gasteiger partial charge in [0.2, 0.25) is 11.8 Å². The maximum absolute atomic E-state index is 12.7. The van der Waals surface area contributed by atoms with Crippen molar-refractivity contribution in [2.75, 3.05) is 23.4 Å². The van der Waals surface area contributed by atoms with Gasteiger partial charge in [-0.1, -0.05) is 44.0 Å². The summed E-state index contributed by atoms with van der Waals surface area (Å²) in [5.41, 5.74) is 1.94. The summed E-state index contributed by atoms with van der Waals surface area (Å²) in [7, 11) is 0. The Morgan fingerprint density at radius 2 is 1.43 bits per heavy atom. The van der Waals surface area contributed by atoms with Gasteiger partial charge in [0, 0.05) is 38.8 Å². The van der Waals surface area contributed by atoms with E-state index in [-0.39, 0.29) is 36.2 Å². The molecule has 2 amide bonds. The van der Waals surface area contributed by atoms with E-state index >= 15 is 0 Å². The van der Waals surface area contributed by atoms with Gasteiger partial charge in [0.05, 0.1) is 11.5 Å². The molecule has 0 aromatic heterocycles. The molecular weight excluding hydrogens is 580 g/mol. The number of ether oxygens (including phenoxy) is 1. The normalized spacial score (nSPS) is 15.1. The van der Waals surface area contributed by atoms with E-state index in [1.165, 1.54) is 12.1 Å². The summed E-state index contributed by atoms with van der Waals surface area (Å²) in [6.45, 7) is -0.0768. The van der Waals surface area contributed by atoms with Gasteiger partial charge in [0.25, 0.3) is 0 Å². The van der Waals surface area contributed by atoms with Crippen molar-refractivity contribution < 1.29 is 23.9 Å². The molecule has 4 rings (SSSR count). The number of nitrogens with one attached hydrogen (secondary N) is 1. The molecule has 0 bridgehead atoms. The molecule has 178 valence electrons. The minimum Gasteiger partial charge on any atom is -0.454 e. The Morgan fingerprint density at radius 3 is 2.06 bits per heavy atom. The number of hydrogen-bond donors (Lipinski definition) is 1. The lowest BCUT2D eigenvalue weighted by atomic mass is 10.1. The second-order valence-electron chi connectivity index (χ2n) is 7.95. The molecule has 0 unspecified atom stereocenters. The standard InChI is InChI=1S/C26H20Br2N2O5/c27-19-5-1-16(2-6-19)23(31)15-35-26(34)17-3-9-21(10-4-17)29-25(33)18-13-24(32)30(14-18)22-11-7-20(28)8-12-22/h1-12,18H,13-15H2,(H,29,33)/t18-/m1/s1. The predicted molar refractivity (Wildman–Crippen MR) is 138 cm³/mol. The van der Waals surface area contributed by atoms with E-state index < -0.39 is 11.9 Å². The van der Waals surface area contributed by atoms with E-state index in [0.29, 0.717) is 17.8 Å². The largest absolute Gasteiger partial charge is 0.454 e. The number of amides is 2. The Hall–Kier alpha value is -3.30. The first-order valence-electron chi connectivity index (χ1n) is 10.7. The minimum absolute atomic E-state index is 0.108. The Bertz CT molecular complexity index is 1260. The lowest BCUT2D eigenvalue weighted by Crippen LogP contribution is -2.28. The second kappa shape index (κ2) is 11.0. The summed E-state index contributed by atoms with van der Waals surface area (Å²) in [6.07, 6.45) is 0.124. The fourth-order valence-electron chi connectivity index (χ4n) is 3.62. The van der Waals surface area contributed by atoms with Gasteiger partial charge in [-0.05, 0) is 60.7 Å². The molecule has 1 heterocycles. The molecule has 1 fully saturated rings. The summed E-state index contributed by atoms with van der Waals surface area (Å²) in [5.74, 6) is -1.81. The zero-order valence-electron chi connectivity index (χ0n) is 18.4. The van der Waals surface area contributed by atoms with E-state index in [2.05, 4.69) is 37.2 Å². The first kappa shape index (κ1) is 24.8. The topological polar surface area (TPSA) is 92.8 Å². The highest BCUT2D eigenvalue weighted by atomic mass is 79.9. The number of carbonyl (C=O) groups is 4. The number of ketones is 1. The molecule has 35 heavy (non-hydrogen) atoms. The van der Waals surface area contributed by atoms with Crippen molar-refractivity contribution in [1.82, 2.24) is 0 Å². The maximum atomic E-state index is 12.7. The number of halogens is 2. The molecule has 1 saturated heterocycles. The van der Waals surface area contributed by atoms with Crippen molar-refractivity contribution in [2.24, 2.45) is 5.92 Å². The van der Waals surface area contributed by atoms with Crippen LogP contribution in [0.2, 0.25) is 0 Å². The highest BCUT2D eigenvalue weighted by Gasteiger charge is 2.35. The van der Waals surface area contributed by atoms with E-state index in [4.69, 9.17) is 4.74 Å². The van der Waals surface area contributed by atoms with Gasteiger partial charge in [-0.25, -0.2) is 4.79 Å². The third-order valence-corrected chi connectivity index (χ3v) is 6.58. The molecule has 1 N–H and O–H groups in total. The van der Waals surface area contributed by atoms with Crippen LogP contribution in [0.15, 0.2) is 81.7 Å². The van der Waals surface area contributed by atoms with E-state index in [0.717, 1.165) is 14.6 Å². The molecule has 0 aliphatic carbocycles. The monoisotopic (exact) mass is 598 g/mol. The fraction of sp³-hybridized carbons (Fsp3) is 0.154. The highest BCUT2D eigenvalue weighted by molar-refractivity contribution is 9.10. The molecular formula is C26H20Br2N2O5. The van der Waals surface area contributed by atoms with Gasteiger partial charge >= 0.3 is 5.97 Å². The SMILES string of the molecule is O=C(COC(=O)c1ccc(NC(=O)[C@@H]2CC(=O)N(c3ccc(Br)cc3)C2)cc1)c1ccc(Br)cc1. The van der Waals surface area contributed by atoms with Crippen LogP contribution in [0.3, 0.4) is 0 Å². The third kappa shape index (κ3) is 6.23. The van der Waals surface area contributed by atoms with Crippen molar-refractivity contribution in [1.29, 1.82) is 0 Å². The molecule has 0 radical (unpaired) electrons. The highest BCUT2D eigenvalue weighted by Crippen LogP contribution is 2.27. The van der Waals surface area contributed by atoms with Crippen molar-refractivity contribution >= 4 is 66.8 Å². The van der Waals surface area contributed by atoms with E-state index in [1.807, 2.05) is 24.3 Å². The Labute approximate surface area is 218 Å².